The smallest absolute Gasteiger partial charge is 0.0772 e. The first-order valence-corrected chi connectivity index (χ1v) is 7.07. The summed E-state index contributed by atoms with van der Waals surface area (Å²) in [6, 6.07) is 14.3. The molecule has 1 unspecified atom stereocenters. The third-order valence-corrected chi connectivity index (χ3v) is 3.98. The fraction of sp³-hybridized carbons (Fsp3) is 0.250. The Morgan fingerprint density at radius 1 is 1.16 bits per heavy atom. The topological polar surface area (TPSA) is 23.5 Å². The fourth-order valence-corrected chi connectivity index (χ4v) is 2.84. The molecule has 1 atom stereocenters. The summed E-state index contributed by atoms with van der Waals surface area (Å²) >= 11 is 3.52. The molecule has 0 aliphatic rings. The Hall–Kier alpha value is -1.32. The number of aliphatic hydroxyl groups is 1. The summed E-state index contributed by atoms with van der Waals surface area (Å²) < 4.78 is 0.931. The lowest BCUT2D eigenvalue weighted by Crippen LogP contribution is -2.11. The van der Waals surface area contributed by atoms with Crippen molar-refractivity contribution < 1.29 is 5.11 Å². The number of rotatable bonds is 3. The summed E-state index contributed by atoms with van der Waals surface area (Å²) in [5, 5.41) is 9.65. The van der Waals surface area contributed by atoms with Gasteiger partial charge in [-0.1, -0.05) is 40.2 Å². The zero-order chi connectivity index (χ0) is 14.0. The van der Waals surface area contributed by atoms with Gasteiger partial charge in [0.15, 0.2) is 0 Å². The zero-order valence-corrected chi connectivity index (χ0v) is 13.0. The SMILES string of the molecule is Cc1ccccc1N(C)c1ccc(C(C)O)c(Br)c1. The number of anilines is 2. The van der Waals surface area contributed by atoms with Crippen LogP contribution in [0.1, 0.15) is 24.2 Å². The molecule has 0 amide bonds. The number of hydrogen-bond donors (Lipinski definition) is 1. The number of halogens is 1. The standard InChI is InChI=1S/C16H18BrNO/c1-11-6-4-5-7-16(11)18(3)13-8-9-14(12(2)19)15(17)10-13/h4-10,12,19H,1-3H3. The van der Waals surface area contributed by atoms with Crippen LogP contribution in [-0.2, 0) is 0 Å². The van der Waals surface area contributed by atoms with E-state index in [1.54, 1.807) is 6.92 Å². The molecule has 0 fully saturated rings. The van der Waals surface area contributed by atoms with Crippen LogP contribution in [0.5, 0.6) is 0 Å². The summed E-state index contributed by atoms with van der Waals surface area (Å²) in [5.41, 5.74) is 4.41. The predicted octanol–water partition coefficient (Wildman–Crippen LogP) is 4.58. The van der Waals surface area contributed by atoms with E-state index in [0.29, 0.717) is 0 Å². The summed E-state index contributed by atoms with van der Waals surface area (Å²) in [4.78, 5) is 2.14. The lowest BCUT2D eigenvalue weighted by atomic mass is 10.1. The molecule has 19 heavy (non-hydrogen) atoms. The first-order chi connectivity index (χ1) is 9.00. The first kappa shape index (κ1) is 14.1. The minimum atomic E-state index is -0.466. The second-order valence-corrected chi connectivity index (χ2v) is 5.58. The molecule has 0 radical (unpaired) electrons. The predicted molar refractivity (Wildman–Crippen MR) is 84.0 cm³/mol. The van der Waals surface area contributed by atoms with Crippen molar-refractivity contribution in [3.05, 3.63) is 58.1 Å². The molecule has 2 rings (SSSR count). The van der Waals surface area contributed by atoms with Crippen molar-refractivity contribution in [1.29, 1.82) is 0 Å². The average Bonchev–Trinajstić information content (AvgIpc) is 2.38. The van der Waals surface area contributed by atoms with E-state index in [0.717, 1.165) is 15.7 Å². The van der Waals surface area contributed by atoms with Crippen LogP contribution in [0.2, 0.25) is 0 Å². The Bertz CT molecular complexity index is 581. The molecule has 2 nitrogen and oxygen atoms in total. The van der Waals surface area contributed by atoms with E-state index in [9.17, 15) is 5.11 Å². The van der Waals surface area contributed by atoms with Gasteiger partial charge in [-0.05, 0) is 43.2 Å². The highest BCUT2D eigenvalue weighted by atomic mass is 79.9. The van der Waals surface area contributed by atoms with Crippen LogP contribution in [0.15, 0.2) is 46.9 Å². The van der Waals surface area contributed by atoms with Crippen molar-refractivity contribution in [2.75, 3.05) is 11.9 Å². The average molecular weight is 320 g/mol. The lowest BCUT2D eigenvalue weighted by molar-refractivity contribution is 0.198. The molecule has 0 bridgehead atoms. The van der Waals surface area contributed by atoms with Gasteiger partial charge in [-0.15, -0.1) is 0 Å². The summed E-state index contributed by atoms with van der Waals surface area (Å²) in [5.74, 6) is 0. The van der Waals surface area contributed by atoms with Gasteiger partial charge in [0.25, 0.3) is 0 Å². The van der Waals surface area contributed by atoms with Gasteiger partial charge in [0, 0.05) is 22.9 Å². The maximum atomic E-state index is 9.65. The Labute approximate surface area is 122 Å². The molecular formula is C16H18BrNO. The normalized spacial score (nSPS) is 12.3. The molecular weight excluding hydrogens is 302 g/mol. The number of nitrogens with zero attached hydrogens (tertiary/aromatic N) is 1. The Balaban J connectivity index is 2.38. The van der Waals surface area contributed by atoms with Crippen LogP contribution in [0.4, 0.5) is 11.4 Å². The highest BCUT2D eigenvalue weighted by Crippen LogP contribution is 2.32. The molecule has 100 valence electrons. The van der Waals surface area contributed by atoms with Crippen LogP contribution >= 0.6 is 15.9 Å². The van der Waals surface area contributed by atoms with Crippen molar-refractivity contribution in [2.45, 2.75) is 20.0 Å². The van der Waals surface area contributed by atoms with Gasteiger partial charge in [-0.3, -0.25) is 0 Å². The molecule has 2 aromatic carbocycles. The van der Waals surface area contributed by atoms with Gasteiger partial charge in [-0.2, -0.15) is 0 Å². The van der Waals surface area contributed by atoms with E-state index in [2.05, 4.69) is 39.9 Å². The Morgan fingerprint density at radius 3 is 2.42 bits per heavy atom. The molecule has 1 N–H and O–H groups in total. The van der Waals surface area contributed by atoms with Crippen molar-refractivity contribution in [3.8, 4) is 0 Å². The van der Waals surface area contributed by atoms with Crippen LogP contribution < -0.4 is 4.90 Å². The summed E-state index contributed by atoms with van der Waals surface area (Å²) in [7, 11) is 2.05. The van der Waals surface area contributed by atoms with Crippen LogP contribution in [0, 0.1) is 6.92 Å². The molecule has 2 aromatic rings. The first-order valence-electron chi connectivity index (χ1n) is 6.27. The van der Waals surface area contributed by atoms with E-state index >= 15 is 0 Å². The monoisotopic (exact) mass is 319 g/mol. The molecule has 0 aliphatic heterocycles. The second-order valence-electron chi connectivity index (χ2n) is 4.73. The van der Waals surface area contributed by atoms with Gasteiger partial charge in [-0.25, -0.2) is 0 Å². The molecule has 0 spiro atoms. The van der Waals surface area contributed by atoms with Gasteiger partial charge in [0.1, 0.15) is 0 Å². The van der Waals surface area contributed by atoms with E-state index in [1.807, 2.05) is 37.4 Å². The van der Waals surface area contributed by atoms with E-state index < -0.39 is 6.10 Å². The van der Waals surface area contributed by atoms with Gasteiger partial charge < -0.3 is 10.0 Å². The number of hydrogen-bond acceptors (Lipinski definition) is 2. The largest absolute Gasteiger partial charge is 0.389 e. The number of para-hydroxylation sites is 1. The summed E-state index contributed by atoms with van der Waals surface area (Å²) in [6.07, 6.45) is -0.466. The minimum Gasteiger partial charge on any atom is -0.389 e. The van der Waals surface area contributed by atoms with Crippen molar-refractivity contribution in [1.82, 2.24) is 0 Å². The Kier molecular flexibility index (Phi) is 4.27. The fourth-order valence-electron chi connectivity index (χ4n) is 2.14. The van der Waals surface area contributed by atoms with Crippen molar-refractivity contribution >= 4 is 27.3 Å². The van der Waals surface area contributed by atoms with Gasteiger partial charge in [0.2, 0.25) is 0 Å². The maximum absolute atomic E-state index is 9.65. The molecule has 0 saturated heterocycles. The number of aliphatic hydroxyl groups excluding tert-OH is 1. The Morgan fingerprint density at radius 2 is 1.84 bits per heavy atom. The highest BCUT2D eigenvalue weighted by molar-refractivity contribution is 9.10. The molecule has 0 aliphatic carbocycles. The molecule has 0 saturated carbocycles. The third-order valence-electron chi connectivity index (χ3n) is 3.30. The third kappa shape index (κ3) is 2.99. The van der Waals surface area contributed by atoms with Crippen molar-refractivity contribution in [3.63, 3.8) is 0 Å². The molecule has 0 heterocycles. The summed E-state index contributed by atoms with van der Waals surface area (Å²) in [6.45, 7) is 3.87. The molecule has 3 heteroatoms. The lowest BCUT2D eigenvalue weighted by Gasteiger charge is -2.22. The maximum Gasteiger partial charge on any atom is 0.0772 e. The van der Waals surface area contributed by atoms with Crippen molar-refractivity contribution in [2.24, 2.45) is 0 Å². The van der Waals surface area contributed by atoms with E-state index in [1.165, 1.54) is 11.3 Å². The van der Waals surface area contributed by atoms with E-state index in [-0.39, 0.29) is 0 Å². The number of benzene rings is 2. The second kappa shape index (κ2) is 5.76. The van der Waals surface area contributed by atoms with Gasteiger partial charge in [0.05, 0.1) is 6.10 Å². The quantitative estimate of drug-likeness (QED) is 0.895. The van der Waals surface area contributed by atoms with Gasteiger partial charge >= 0.3 is 0 Å². The van der Waals surface area contributed by atoms with Crippen LogP contribution in [0.25, 0.3) is 0 Å². The van der Waals surface area contributed by atoms with Crippen LogP contribution in [-0.4, -0.2) is 12.2 Å². The highest BCUT2D eigenvalue weighted by Gasteiger charge is 2.10. The zero-order valence-electron chi connectivity index (χ0n) is 11.4. The minimum absolute atomic E-state index is 0.466. The number of aryl methyl sites for hydroxylation is 1. The molecule has 0 aromatic heterocycles. The van der Waals surface area contributed by atoms with Crippen LogP contribution in [0.3, 0.4) is 0 Å². The van der Waals surface area contributed by atoms with E-state index in [4.69, 9.17) is 0 Å².